The molecule has 0 radical (unpaired) electrons. The molecular weight excluding hydrogens is 386 g/mol. The Morgan fingerprint density at radius 1 is 0.903 bits per heavy atom. The van der Waals surface area contributed by atoms with E-state index in [-0.39, 0.29) is 11.6 Å². The molecule has 0 atom stereocenters. The number of hydrogen-bond acceptors (Lipinski definition) is 4. The van der Waals surface area contributed by atoms with Crippen molar-refractivity contribution in [2.75, 3.05) is 0 Å². The topological polar surface area (TPSA) is 65.6 Å². The van der Waals surface area contributed by atoms with Gasteiger partial charge in [0.2, 0.25) is 0 Å². The van der Waals surface area contributed by atoms with Gasteiger partial charge in [-0.1, -0.05) is 31.0 Å². The Balaban J connectivity index is 1.76. The van der Waals surface area contributed by atoms with Gasteiger partial charge in [-0.25, -0.2) is 15.0 Å². The summed E-state index contributed by atoms with van der Waals surface area (Å²) in [6.07, 6.45) is 6.08. The van der Waals surface area contributed by atoms with Crippen molar-refractivity contribution in [3.8, 4) is 5.69 Å². The standard InChI is InChI=1S/C25H23N5O/c1-15-11-12-18(13-16(15)2)30-23-21(25(31)29(14-26-23)17-7-3-4-8-17)22-24(30)28-20-10-6-5-9-19(20)27-22/h5-6,9-14,17H,3-4,7-8H2,1-2H3. The van der Waals surface area contributed by atoms with Gasteiger partial charge >= 0.3 is 0 Å². The van der Waals surface area contributed by atoms with Crippen LogP contribution in [0, 0.1) is 13.8 Å². The van der Waals surface area contributed by atoms with E-state index < -0.39 is 0 Å². The molecule has 0 N–H and O–H groups in total. The van der Waals surface area contributed by atoms with Gasteiger partial charge < -0.3 is 0 Å². The second-order valence-electron chi connectivity index (χ2n) is 8.58. The maximum absolute atomic E-state index is 13.7. The molecule has 1 fully saturated rings. The molecule has 6 rings (SSSR count). The van der Waals surface area contributed by atoms with Crippen LogP contribution < -0.4 is 5.56 Å². The molecule has 1 aliphatic carbocycles. The van der Waals surface area contributed by atoms with Crippen molar-refractivity contribution in [2.24, 2.45) is 0 Å². The van der Waals surface area contributed by atoms with Gasteiger partial charge in [0.15, 0.2) is 11.3 Å². The molecule has 2 aromatic carbocycles. The molecule has 0 aliphatic heterocycles. The Morgan fingerprint density at radius 2 is 1.65 bits per heavy atom. The number of nitrogens with zero attached hydrogens (tertiary/aromatic N) is 5. The average molecular weight is 409 g/mol. The fraction of sp³-hybridized carbons (Fsp3) is 0.280. The Morgan fingerprint density at radius 3 is 2.39 bits per heavy atom. The zero-order valence-corrected chi connectivity index (χ0v) is 17.7. The Hall–Kier alpha value is -3.54. The highest BCUT2D eigenvalue weighted by Gasteiger charge is 2.24. The molecule has 0 unspecified atom stereocenters. The van der Waals surface area contributed by atoms with Crippen LogP contribution in [0.1, 0.15) is 42.9 Å². The molecule has 6 nitrogen and oxygen atoms in total. The van der Waals surface area contributed by atoms with Gasteiger partial charge in [0.1, 0.15) is 17.2 Å². The van der Waals surface area contributed by atoms with Gasteiger partial charge in [0, 0.05) is 11.7 Å². The maximum Gasteiger partial charge on any atom is 0.265 e. The largest absolute Gasteiger partial charge is 0.295 e. The molecule has 3 aromatic heterocycles. The van der Waals surface area contributed by atoms with Crippen LogP contribution in [0.2, 0.25) is 0 Å². The van der Waals surface area contributed by atoms with Gasteiger partial charge in [-0.15, -0.1) is 0 Å². The maximum atomic E-state index is 13.7. The lowest BCUT2D eigenvalue weighted by atomic mass is 10.1. The van der Waals surface area contributed by atoms with Crippen LogP contribution in [0.15, 0.2) is 53.6 Å². The summed E-state index contributed by atoms with van der Waals surface area (Å²) in [5, 5.41) is 0.556. The molecule has 1 saturated carbocycles. The van der Waals surface area contributed by atoms with Crippen LogP contribution in [0.5, 0.6) is 0 Å². The highest BCUT2D eigenvalue weighted by Crippen LogP contribution is 2.31. The number of rotatable bonds is 2. The van der Waals surface area contributed by atoms with E-state index >= 15 is 0 Å². The van der Waals surface area contributed by atoms with Crippen molar-refractivity contribution in [1.82, 2.24) is 24.1 Å². The third-order valence-electron chi connectivity index (χ3n) is 6.66. The summed E-state index contributed by atoms with van der Waals surface area (Å²) in [6, 6.07) is 14.3. The summed E-state index contributed by atoms with van der Waals surface area (Å²) < 4.78 is 3.80. The Labute approximate surface area is 179 Å². The Bertz CT molecular complexity index is 1540. The van der Waals surface area contributed by atoms with Gasteiger partial charge in [-0.2, -0.15) is 0 Å². The number of hydrogen-bond donors (Lipinski definition) is 0. The molecule has 154 valence electrons. The average Bonchev–Trinajstić information content (AvgIpc) is 3.41. The summed E-state index contributed by atoms with van der Waals surface area (Å²) in [5.41, 5.74) is 6.82. The van der Waals surface area contributed by atoms with Crippen molar-refractivity contribution >= 4 is 33.2 Å². The summed E-state index contributed by atoms with van der Waals surface area (Å²) >= 11 is 0. The second kappa shape index (κ2) is 6.74. The first-order valence-electron chi connectivity index (χ1n) is 10.9. The molecule has 3 heterocycles. The van der Waals surface area contributed by atoms with Crippen LogP contribution in [0.4, 0.5) is 0 Å². The normalized spacial score (nSPS) is 14.9. The van der Waals surface area contributed by atoms with Crippen LogP contribution in [0.25, 0.3) is 38.9 Å². The molecule has 0 bridgehead atoms. The quantitative estimate of drug-likeness (QED) is 0.411. The summed E-state index contributed by atoms with van der Waals surface area (Å²) in [4.78, 5) is 28.3. The van der Waals surface area contributed by atoms with E-state index in [4.69, 9.17) is 15.0 Å². The van der Waals surface area contributed by atoms with Crippen molar-refractivity contribution in [2.45, 2.75) is 45.6 Å². The summed E-state index contributed by atoms with van der Waals surface area (Å²) in [7, 11) is 0. The van der Waals surface area contributed by atoms with E-state index in [1.54, 1.807) is 6.33 Å². The molecular formula is C25H23N5O. The summed E-state index contributed by atoms with van der Waals surface area (Å²) in [6.45, 7) is 4.19. The fourth-order valence-electron chi connectivity index (χ4n) is 4.80. The number of aromatic nitrogens is 5. The monoisotopic (exact) mass is 409 g/mol. The minimum absolute atomic E-state index is 0.0194. The zero-order valence-electron chi connectivity index (χ0n) is 17.7. The number of fused-ring (bicyclic) bond motifs is 4. The third kappa shape index (κ3) is 2.71. The minimum atomic E-state index is -0.0194. The van der Waals surface area contributed by atoms with E-state index in [9.17, 15) is 4.79 Å². The molecule has 0 amide bonds. The molecule has 0 spiro atoms. The lowest BCUT2D eigenvalue weighted by molar-refractivity contribution is 0.499. The van der Waals surface area contributed by atoms with E-state index in [0.29, 0.717) is 22.2 Å². The van der Waals surface area contributed by atoms with E-state index in [2.05, 4.69) is 32.0 Å². The molecule has 0 saturated heterocycles. The van der Waals surface area contributed by atoms with Gasteiger partial charge in [-0.3, -0.25) is 13.9 Å². The van der Waals surface area contributed by atoms with Crippen LogP contribution in [-0.4, -0.2) is 24.1 Å². The highest BCUT2D eigenvalue weighted by molar-refractivity contribution is 6.05. The van der Waals surface area contributed by atoms with Crippen molar-refractivity contribution in [1.29, 1.82) is 0 Å². The summed E-state index contributed by atoms with van der Waals surface area (Å²) in [5.74, 6) is 0. The highest BCUT2D eigenvalue weighted by atomic mass is 16.1. The number of aryl methyl sites for hydroxylation is 2. The SMILES string of the molecule is Cc1ccc(-n2c3nc4ccccc4nc3c3c(=O)n(C4CCCC4)cnc32)cc1C. The number of benzene rings is 2. The molecule has 5 aromatic rings. The van der Waals surface area contributed by atoms with Gasteiger partial charge in [-0.05, 0) is 62.1 Å². The van der Waals surface area contributed by atoms with Gasteiger partial charge in [0.25, 0.3) is 5.56 Å². The van der Waals surface area contributed by atoms with Crippen LogP contribution in [-0.2, 0) is 0 Å². The van der Waals surface area contributed by atoms with Crippen molar-refractivity contribution in [3.63, 3.8) is 0 Å². The van der Waals surface area contributed by atoms with Gasteiger partial charge in [0.05, 0.1) is 11.0 Å². The first kappa shape index (κ1) is 18.2. The minimum Gasteiger partial charge on any atom is -0.295 e. The molecule has 31 heavy (non-hydrogen) atoms. The zero-order chi connectivity index (χ0) is 21.1. The molecule has 6 heteroatoms. The van der Waals surface area contributed by atoms with Crippen molar-refractivity contribution < 1.29 is 0 Å². The first-order chi connectivity index (χ1) is 15.1. The van der Waals surface area contributed by atoms with E-state index in [0.717, 1.165) is 42.4 Å². The lowest BCUT2D eigenvalue weighted by Crippen LogP contribution is -2.23. The van der Waals surface area contributed by atoms with E-state index in [1.165, 1.54) is 11.1 Å². The van der Waals surface area contributed by atoms with Crippen LogP contribution in [0.3, 0.4) is 0 Å². The fourth-order valence-corrected chi connectivity index (χ4v) is 4.80. The third-order valence-corrected chi connectivity index (χ3v) is 6.66. The predicted octanol–water partition coefficient (Wildman–Crippen LogP) is 5.02. The number of para-hydroxylation sites is 2. The second-order valence-corrected chi connectivity index (χ2v) is 8.58. The van der Waals surface area contributed by atoms with Crippen LogP contribution >= 0.6 is 0 Å². The Kier molecular flexibility index (Phi) is 3.96. The van der Waals surface area contributed by atoms with E-state index in [1.807, 2.05) is 33.4 Å². The smallest absolute Gasteiger partial charge is 0.265 e. The first-order valence-corrected chi connectivity index (χ1v) is 10.9. The predicted molar refractivity (Wildman–Crippen MR) is 123 cm³/mol. The van der Waals surface area contributed by atoms with Crippen molar-refractivity contribution in [3.05, 3.63) is 70.3 Å². The lowest BCUT2D eigenvalue weighted by Gasteiger charge is -2.13. The molecule has 1 aliphatic rings.